The number of morpholine rings is 1. The third kappa shape index (κ3) is 4.94. The lowest BCUT2D eigenvalue weighted by Crippen LogP contribution is -2.69. The molecule has 2 bridgehead atoms. The monoisotopic (exact) mass is 695 g/mol. The van der Waals surface area contributed by atoms with Crippen molar-refractivity contribution in [2.45, 2.75) is 50.9 Å². The fraction of sp³-hybridized carbons (Fsp3) is 0.444. The molecule has 3 saturated heterocycles. The topological polar surface area (TPSA) is 91.8 Å². The van der Waals surface area contributed by atoms with Gasteiger partial charge in [-0.1, -0.05) is 48.3 Å². The molecule has 3 aromatic carbocycles. The van der Waals surface area contributed by atoms with Gasteiger partial charge in [-0.15, -0.1) is 0 Å². The Hall–Kier alpha value is -3.57. The van der Waals surface area contributed by atoms with E-state index in [4.69, 9.17) is 37.4 Å². The number of anilines is 2. The summed E-state index contributed by atoms with van der Waals surface area (Å²) < 4.78 is 33.1. The summed E-state index contributed by atoms with van der Waals surface area (Å²) in [5, 5.41) is 10.5. The molecular formula is C36H36Cl2FN3O6. The van der Waals surface area contributed by atoms with E-state index in [2.05, 4.69) is 16.7 Å². The predicted octanol–water partition coefficient (Wildman–Crippen LogP) is 6.72. The van der Waals surface area contributed by atoms with E-state index < -0.39 is 11.8 Å². The minimum atomic E-state index is -1.19. The average Bonchev–Trinajstić information content (AvgIpc) is 3.29. The van der Waals surface area contributed by atoms with Crippen molar-refractivity contribution in [2.24, 2.45) is 11.3 Å². The number of aromatic carboxylic acids is 1. The number of methoxy groups -OCH3 is 1. The highest BCUT2D eigenvalue weighted by molar-refractivity contribution is 6.40. The van der Waals surface area contributed by atoms with Gasteiger partial charge in [0.15, 0.2) is 6.73 Å². The Balaban J connectivity index is 1.04. The van der Waals surface area contributed by atoms with Crippen molar-refractivity contribution in [1.29, 1.82) is 0 Å². The van der Waals surface area contributed by atoms with Gasteiger partial charge in [-0.25, -0.2) is 9.18 Å². The van der Waals surface area contributed by atoms with E-state index in [-0.39, 0.29) is 63.4 Å². The molecule has 1 N–H and O–H groups in total. The van der Waals surface area contributed by atoms with Crippen LogP contribution in [-0.2, 0) is 16.0 Å². The first-order valence-electron chi connectivity index (χ1n) is 16.3. The van der Waals surface area contributed by atoms with Gasteiger partial charge in [-0.3, -0.25) is 4.79 Å². The van der Waals surface area contributed by atoms with Crippen molar-refractivity contribution in [3.63, 3.8) is 0 Å². The maximum atomic E-state index is 15.7. The normalized spacial score (nSPS) is 25.3. The summed E-state index contributed by atoms with van der Waals surface area (Å²) in [4.78, 5) is 31.9. The standard InChI is InChI=1S/C36H36Cl2FN3O6/c1-19-31(46-2)12-36(19)16-41(17-36)23-8-27(37)32(28(38)9-23)34(43)40-13-20-4-3-5-24(33(20)48-18-40)25-11-30(26(35(44)45)10-29(25)39)42-21-6-7-22(42)15-47-14-21/h3-5,8-11,19,21-22,31H,6-7,12-18H2,1-2H3,(H,44,45)/t19-,21?,22?,31+/m0/s1. The second-order valence-electron chi connectivity index (χ2n) is 13.8. The van der Waals surface area contributed by atoms with Crippen LogP contribution in [0.2, 0.25) is 10.0 Å². The summed E-state index contributed by atoms with van der Waals surface area (Å²) in [6.07, 6.45) is 3.10. The number of carboxylic acid groups (broad SMARTS) is 1. The van der Waals surface area contributed by atoms with Crippen molar-refractivity contribution in [3.05, 3.63) is 75.0 Å². The number of carbonyl (C=O) groups excluding carboxylic acids is 1. The van der Waals surface area contributed by atoms with Gasteiger partial charge >= 0.3 is 5.97 Å². The number of hydrogen-bond donors (Lipinski definition) is 1. The Bertz CT molecular complexity index is 1790. The summed E-state index contributed by atoms with van der Waals surface area (Å²) in [7, 11) is 1.76. The highest BCUT2D eigenvalue weighted by Crippen LogP contribution is 2.55. The minimum absolute atomic E-state index is 0.0334. The summed E-state index contributed by atoms with van der Waals surface area (Å²) in [6.45, 7) is 5.11. The van der Waals surface area contributed by atoms with Gasteiger partial charge in [-0.2, -0.15) is 0 Å². The van der Waals surface area contributed by atoms with Gasteiger partial charge in [-0.05, 0) is 49.4 Å². The number of benzene rings is 3. The van der Waals surface area contributed by atoms with E-state index in [1.165, 1.54) is 4.90 Å². The van der Waals surface area contributed by atoms with Crippen LogP contribution in [-0.4, -0.2) is 80.2 Å². The van der Waals surface area contributed by atoms with Crippen LogP contribution >= 0.6 is 23.2 Å². The summed E-state index contributed by atoms with van der Waals surface area (Å²) in [5.74, 6) is -1.29. The Morgan fingerprint density at radius 1 is 1.04 bits per heavy atom. The molecule has 3 aromatic rings. The summed E-state index contributed by atoms with van der Waals surface area (Å²) in [6, 6.07) is 11.7. The number of fused-ring (bicyclic) bond motifs is 3. The second kappa shape index (κ2) is 11.8. The first kappa shape index (κ1) is 31.7. The van der Waals surface area contributed by atoms with Crippen LogP contribution in [0.25, 0.3) is 11.1 Å². The molecule has 48 heavy (non-hydrogen) atoms. The fourth-order valence-corrected chi connectivity index (χ4v) is 9.13. The van der Waals surface area contributed by atoms with Gasteiger partial charge in [0.2, 0.25) is 0 Å². The molecular weight excluding hydrogens is 660 g/mol. The maximum Gasteiger partial charge on any atom is 0.337 e. The molecule has 8 rings (SSSR count). The van der Waals surface area contributed by atoms with Crippen molar-refractivity contribution in [2.75, 3.05) is 49.9 Å². The first-order chi connectivity index (χ1) is 23.1. The molecule has 0 aromatic heterocycles. The molecule has 0 radical (unpaired) electrons. The highest BCUT2D eigenvalue weighted by atomic mass is 35.5. The van der Waals surface area contributed by atoms with Crippen LogP contribution < -0.4 is 14.5 Å². The minimum Gasteiger partial charge on any atom is -0.478 e. The molecule has 12 heteroatoms. The summed E-state index contributed by atoms with van der Waals surface area (Å²) >= 11 is 13.4. The number of amides is 1. The van der Waals surface area contributed by atoms with E-state index >= 15 is 4.39 Å². The molecule has 4 fully saturated rings. The van der Waals surface area contributed by atoms with Gasteiger partial charge in [0.25, 0.3) is 5.91 Å². The maximum absolute atomic E-state index is 15.7. The number of halogens is 3. The highest BCUT2D eigenvalue weighted by Gasteiger charge is 2.58. The summed E-state index contributed by atoms with van der Waals surface area (Å²) in [5.41, 5.74) is 3.13. The fourth-order valence-electron chi connectivity index (χ4n) is 8.49. The average molecular weight is 697 g/mol. The first-order valence-corrected chi connectivity index (χ1v) is 17.1. The number of hydrogen-bond acceptors (Lipinski definition) is 7. The third-order valence-electron chi connectivity index (χ3n) is 11.3. The number of ether oxygens (including phenoxy) is 3. The lowest BCUT2D eigenvalue weighted by atomic mass is 9.54. The number of carboxylic acids is 1. The van der Waals surface area contributed by atoms with E-state index in [9.17, 15) is 14.7 Å². The van der Waals surface area contributed by atoms with Crippen LogP contribution in [0.5, 0.6) is 5.75 Å². The largest absolute Gasteiger partial charge is 0.478 e. The second-order valence-corrected chi connectivity index (χ2v) is 14.6. The molecule has 4 heterocycles. The van der Waals surface area contributed by atoms with Gasteiger partial charge < -0.3 is 34.0 Å². The molecule has 4 atom stereocenters. The van der Waals surface area contributed by atoms with E-state index in [0.29, 0.717) is 47.8 Å². The van der Waals surface area contributed by atoms with Crippen LogP contribution in [0.15, 0.2) is 42.5 Å². The van der Waals surface area contributed by atoms with Gasteiger partial charge in [0, 0.05) is 48.0 Å². The van der Waals surface area contributed by atoms with Crippen LogP contribution in [0.4, 0.5) is 15.8 Å². The Morgan fingerprint density at radius 2 is 1.75 bits per heavy atom. The van der Waals surface area contributed by atoms with E-state index in [0.717, 1.165) is 44.1 Å². The number of rotatable bonds is 6. The molecule has 1 aliphatic carbocycles. The zero-order valence-corrected chi connectivity index (χ0v) is 28.2. The van der Waals surface area contributed by atoms with Crippen molar-refractivity contribution in [3.8, 4) is 16.9 Å². The van der Waals surface area contributed by atoms with Crippen LogP contribution in [0, 0.1) is 17.2 Å². The zero-order valence-electron chi connectivity index (χ0n) is 26.7. The lowest BCUT2D eigenvalue weighted by molar-refractivity contribution is -0.132. The Labute approximate surface area is 288 Å². The molecule has 1 saturated carbocycles. The van der Waals surface area contributed by atoms with Crippen molar-refractivity contribution in [1.82, 2.24) is 4.90 Å². The van der Waals surface area contributed by atoms with Crippen molar-refractivity contribution < 1.29 is 33.3 Å². The number of para-hydroxylation sites is 1. The molecule has 4 aliphatic heterocycles. The quantitative estimate of drug-likeness (QED) is 0.304. The Morgan fingerprint density at radius 3 is 2.40 bits per heavy atom. The lowest BCUT2D eigenvalue weighted by Gasteiger charge is -2.63. The number of nitrogens with zero attached hydrogens (tertiary/aromatic N) is 3. The molecule has 9 nitrogen and oxygen atoms in total. The third-order valence-corrected chi connectivity index (χ3v) is 11.9. The van der Waals surface area contributed by atoms with Gasteiger partial charge in [0.05, 0.1) is 64.8 Å². The van der Waals surface area contributed by atoms with E-state index in [1.807, 2.05) is 6.07 Å². The van der Waals surface area contributed by atoms with Gasteiger partial charge in [0.1, 0.15) is 11.6 Å². The zero-order chi connectivity index (χ0) is 33.5. The molecule has 1 amide bonds. The van der Waals surface area contributed by atoms with Crippen LogP contribution in [0.3, 0.4) is 0 Å². The molecule has 5 aliphatic rings. The molecule has 1 spiro atoms. The molecule has 252 valence electrons. The van der Waals surface area contributed by atoms with Crippen LogP contribution in [0.1, 0.15) is 52.5 Å². The SMILES string of the molecule is CO[C@@H]1CC2(CN(c3cc(Cl)c(C(=O)N4COc5c(cccc5-c5cc(N6C7CCC6COC7)c(C(=O)O)cc5F)C4)c(Cl)c3)C2)[C@H]1C. The number of carbonyl (C=O) groups is 2. The smallest absolute Gasteiger partial charge is 0.337 e. The Kier molecular flexibility index (Phi) is 7.78. The van der Waals surface area contributed by atoms with Crippen molar-refractivity contribution >= 4 is 46.5 Å². The predicted molar refractivity (Wildman–Crippen MR) is 180 cm³/mol. The molecule has 2 unspecified atom stereocenters. The van der Waals surface area contributed by atoms with E-state index in [1.54, 1.807) is 37.4 Å².